The monoisotopic (exact) mass is 342 g/mol. The number of halogens is 2. The van der Waals surface area contributed by atoms with Crippen molar-refractivity contribution in [3.05, 3.63) is 40.5 Å². The third kappa shape index (κ3) is 5.44. The summed E-state index contributed by atoms with van der Waals surface area (Å²) in [7, 11) is 0. The number of hydrogen-bond donors (Lipinski definition) is 2. The van der Waals surface area contributed by atoms with E-state index in [1.807, 2.05) is 12.3 Å². The molecule has 0 radical (unpaired) electrons. The van der Waals surface area contributed by atoms with Gasteiger partial charge in [0.1, 0.15) is 0 Å². The average molecular weight is 342 g/mol. The first-order chi connectivity index (χ1) is 11.1. The average Bonchev–Trinajstić information content (AvgIpc) is 3.06. The minimum Gasteiger partial charge on any atom is -0.471 e. The number of rotatable bonds is 7. The Morgan fingerprint density at radius 2 is 2.26 bits per heavy atom. The van der Waals surface area contributed by atoms with Gasteiger partial charge in [-0.1, -0.05) is 6.07 Å². The highest BCUT2D eigenvalue weighted by Gasteiger charge is 2.13. The lowest BCUT2D eigenvalue weighted by Crippen LogP contribution is -2.36. The summed E-state index contributed by atoms with van der Waals surface area (Å²) in [6.07, 6.45) is -1.14. The molecule has 2 N–H and O–H groups in total. The minimum absolute atomic E-state index is 0.0839. The molecular weight excluding hydrogens is 326 g/mol. The van der Waals surface area contributed by atoms with Gasteiger partial charge in [0.15, 0.2) is 6.61 Å². The molecule has 0 fully saturated rings. The van der Waals surface area contributed by atoms with E-state index >= 15 is 0 Å². The molecule has 0 bridgehead atoms. The Morgan fingerprint density at radius 3 is 2.96 bits per heavy atom. The summed E-state index contributed by atoms with van der Waals surface area (Å²) in [6.45, 7) is 1.19. The van der Waals surface area contributed by atoms with Crippen LogP contribution < -0.4 is 15.4 Å². The number of carbonyl (C=O) groups is 1. The summed E-state index contributed by atoms with van der Waals surface area (Å²) in [4.78, 5) is 19.9. The number of thiazole rings is 1. The largest absolute Gasteiger partial charge is 0.471 e. The van der Waals surface area contributed by atoms with Gasteiger partial charge >= 0.3 is 6.03 Å². The Labute approximate surface area is 135 Å². The van der Waals surface area contributed by atoms with Gasteiger partial charge in [-0.2, -0.15) is 0 Å². The number of alkyl halides is 2. The Morgan fingerprint density at radius 1 is 1.43 bits per heavy atom. The van der Waals surface area contributed by atoms with E-state index in [1.54, 1.807) is 17.6 Å². The second kappa shape index (κ2) is 8.37. The van der Waals surface area contributed by atoms with Gasteiger partial charge in [-0.05, 0) is 13.0 Å². The molecule has 23 heavy (non-hydrogen) atoms. The number of hydrogen-bond acceptors (Lipinski definition) is 5. The smallest absolute Gasteiger partial charge is 0.315 e. The number of urea groups is 1. The summed E-state index contributed by atoms with van der Waals surface area (Å²) in [5, 5.41) is 7.22. The van der Waals surface area contributed by atoms with Crippen LogP contribution in [0.5, 0.6) is 5.88 Å². The lowest BCUT2D eigenvalue weighted by atomic mass is 10.2. The number of carbonyl (C=O) groups excluding carboxylic acids is 1. The summed E-state index contributed by atoms with van der Waals surface area (Å²) in [6, 6.07) is 2.67. The molecule has 0 aromatic carbocycles. The van der Waals surface area contributed by atoms with Crippen LogP contribution in [-0.4, -0.2) is 29.0 Å². The van der Waals surface area contributed by atoms with E-state index in [1.165, 1.54) is 17.5 Å². The molecule has 2 aromatic heterocycles. The van der Waals surface area contributed by atoms with Crippen LogP contribution in [0, 0.1) is 0 Å². The number of aromatic nitrogens is 2. The summed E-state index contributed by atoms with van der Waals surface area (Å²) in [5.74, 6) is 0.0839. The molecule has 1 unspecified atom stereocenters. The van der Waals surface area contributed by atoms with Crippen LogP contribution in [0.1, 0.15) is 24.2 Å². The maximum Gasteiger partial charge on any atom is 0.315 e. The normalized spacial score (nSPS) is 12.0. The highest BCUT2D eigenvalue weighted by Crippen LogP contribution is 2.15. The number of nitrogens with zero attached hydrogens (tertiary/aromatic N) is 2. The summed E-state index contributed by atoms with van der Waals surface area (Å²) < 4.78 is 29.3. The first-order valence-corrected chi connectivity index (χ1v) is 7.78. The molecule has 0 saturated carbocycles. The van der Waals surface area contributed by atoms with Crippen LogP contribution in [0.2, 0.25) is 0 Å². The molecule has 2 heterocycles. The zero-order valence-corrected chi connectivity index (χ0v) is 13.1. The van der Waals surface area contributed by atoms with E-state index in [0.29, 0.717) is 5.56 Å². The molecule has 0 aliphatic rings. The maximum absolute atomic E-state index is 12.2. The first kappa shape index (κ1) is 17.1. The zero-order valence-electron chi connectivity index (χ0n) is 12.3. The van der Waals surface area contributed by atoms with E-state index < -0.39 is 19.1 Å². The molecule has 2 amide bonds. The molecular formula is C14H16F2N4O2S. The van der Waals surface area contributed by atoms with Crippen LogP contribution in [0.4, 0.5) is 13.6 Å². The standard InChI is InChI=1S/C14H16F2N4O2S/c1-9(11-7-23-8-19-11)20-14(21)18-5-10-3-2-4-17-13(10)22-6-12(15)16/h2-4,7-9,12H,5-6H2,1H3,(H2,18,20,21). The highest BCUT2D eigenvalue weighted by molar-refractivity contribution is 7.07. The SMILES string of the molecule is CC(NC(=O)NCc1cccnc1OCC(F)F)c1cscn1. The Balaban J connectivity index is 1.86. The van der Waals surface area contributed by atoms with Gasteiger partial charge in [0.05, 0.1) is 17.2 Å². The van der Waals surface area contributed by atoms with Crippen molar-refractivity contribution in [2.24, 2.45) is 0 Å². The fourth-order valence-corrected chi connectivity index (χ4v) is 2.41. The molecule has 6 nitrogen and oxygen atoms in total. The van der Waals surface area contributed by atoms with Crippen LogP contribution >= 0.6 is 11.3 Å². The van der Waals surface area contributed by atoms with E-state index in [0.717, 1.165) is 5.69 Å². The molecule has 0 saturated heterocycles. The van der Waals surface area contributed by atoms with Gasteiger partial charge < -0.3 is 15.4 Å². The Bertz CT molecular complexity index is 625. The second-order valence-corrected chi connectivity index (χ2v) is 5.35. The number of amides is 2. The van der Waals surface area contributed by atoms with Crippen molar-refractivity contribution < 1.29 is 18.3 Å². The third-order valence-electron chi connectivity index (χ3n) is 2.88. The van der Waals surface area contributed by atoms with Crippen molar-refractivity contribution in [3.8, 4) is 5.88 Å². The van der Waals surface area contributed by atoms with Crippen molar-refractivity contribution in [2.45, 2.75) is 25.9 Å². The van der Waals surface area contributed by atoms with E-state index in [4.69, 9.17) is 4.74 Å². The van der Waals surface area contributed by atoms with Gasteiger partial charge in [-0.25, -0.2) is 23.5 Å². The molecule has 2 aromatic rings. The molecule has 0 aliphatic carbocycles. The van der Waals surface area contributed by atoms with Gasteiger partial charge in [0.25, 0.3) is 6.43 Å². The number of nitrogens with one attached hydrogen (secondary N) is 2. The van der Waals surface area contributed by atoms with Gasteiger partial charge in [-0.3, -0.25) is 0 Å². The molecule has 2 rings (SSSR count). The van der Waals surface area contributed by atoms with Crippen LogP contribution in [0.15, 0.2) is 29.2 Å². The summed E-state index contributed by atoms with van der Waals surface area (Å²) >= 11 is 1.45. The molecule has 0 aliphatic heterocycles. The Kier molecular flexibility index (Phi) is 6.21. The van der Waals surface area contributed by atoms with Crippen molar-refractivity contribution >= 4 is 17.4 Å². The molecule has 0 spiro atoms. The maximum atomic E-state index is 12.2. The summed E-state index contributed by atoms with van der Waals surface area (Å²) in [5.41, 5.74) is 2.98. The first-order valence-electron chi connectivity index (χ1n) is 6.83. The fourth-order valence-electron chi connectivity index (χ4n) is 1.76. The quantitative estimate of drug-likeness (QED) is 0.811. The predicted molar refractivity (Wildman–Crippen MR) is 81.6 cm³/mol. The van der Waals surface area contributed by atoms with E-state index in [2.05, 4.69) is 20.6 Å². The van der Waals surface area contributed by atoms with Crippen molar-refractivity contribution in [1.82, 2.24) is 20.6 Å². The zero-order chi connectivity index (χ0) is 16.7. The molecule has 9 heteroatoms. The Hall–Kier alpha value is -2.29. The van der Waals surface area contributed by atoms with Crippen LogP contribution in [-0.2, 0) is 6.54 Å². The lowest BCUT2D eigenvalue weighted by Gasteiger charge is -2.14. The lowest BCUT2D eigenvalue weighted by molar-refractivity contribution is 0.0790. The molecule has 1 atom stereocenters. The van der Waals surface area contributed by atoms with Crippen molar-refractivity contribution in [3.63, 3.8) is 0 Å². The van der Waals surface area contributed by atoms with Crippen LogP contribution in [0.3, 0.4) is 0 Å². The second-order valence-electron chi connectivity index (χ2n) is 4.63. The minimum atomic E-state index is -2.58. The van der Waals surface area contributed by atoms with Crippen molar-refractivity contribution in [2.75, 3.05) is 6.61 Å². The topological polar surface area (TPSA) is 76.1 Å². The molecule has 124 valence electrons. The van der Waals surface area contributed by atoms with Gasteiger partial charge in [0.2, 0.25) is 5.88 Å². The van der Waals surface area contributed by atoms with Crippen LogP contribution in [0.25, 0.3) is 0 Å². The number of pyridine rings is 1. The third-order valence-corrected chi connectivity index (χ3v) is 3.48. The van der Waals surface area contributed by atoms with Gasteiger partial charge in [0, 0.05) is 23.7 Å². The predicted octanol–water partition coefficient (Wildman–Crippen LogP) is 2.74. The van der Waals surface area contributed by atoms with E-state index in [9.17, 15) is 13.6 Å². The van der Waals surface area contributed by atoms with E-state index in [-0.39, 0.29) is 18.5 Å². The fraction of sp³-hybridized carbons (Fsp3) is 0.357. The number of ether oxygens (including phenoxy) is 1. The highest BCUT2D eigenvalue weighted by atomic mass is 32.1. The van der Waals surface area contributed by atoms with Gasteiger partial charge in [-0.15, -0.1) is 11.3 Å². The van der Waals surface area contributed by atoms with Crippen molar-refractivity contribution in [1.29, 1.82) is 0 Å².